The Bertz CT molecular complexity index is 467. The van der Waals surface area contributed by atoms with Crippen LogP contribution in [0.5, 0.6) is 0 Å². The number of aromatic nitrogens is 2. The molecule has 58 valence electrons. The third-order valence-corrected chi connectivity index (χ3v) is 1.62. The summed E-state index contributed by atoms with van der Waals surface area (Å²) >= 11 is 0. The molecule has 0 saturated carbocycles. The number of aromatic amines is 1. The minimum Gasteiger partial charge on any atom is -0.346 e. The van der Waals surface area contributed by atoms with E-state index in [-0.39, 0.29) is 0 Å². The Morgan fingerprint density at radius 2 is 2.42 bits per heavy atom. The predicted molar refractivity (Wildman–Crippen MR) is 40.8 cm³/mol. The number of halogens is 1. The van der Waals surface area contributed by atoms with Crippen molar-refractivity contribution in [1.82, 2.24) is 9.97 Å². The van der Waals surface area contributed by atoms with Gasteiger partial charge in [0.25, 0.3) is 0 Å². The summed E-state index contributed by atoms with van der Waals surface area (Å²) in [5.74, 6) is -0.638. The van der Waals surface area contributed by atoms with Crippen LogP contribution in [0.3, 0.4) is 0 Å². The number of hydrogen-bond donors (Lipinski definition) is 1. The topological polar surface area (TPSA) is 52.5 Å². The molecule has 0 spiro atoms. The summed E-state index contributed by atoms with van der Waals surface area (Å²) < 4.78 is 12.7. The lowest BCUT2D eigenvalue weighted by atomic mass is 10.2. The second-order valence-electron chi connectivity index (χ2n) is 2.34. The molecule has 0 radical (unpaired) electrons. The van der Waals surface area contributed by atoms with Crippen molar-refractivity contribution < 1.29 is 4.39 Å². The zero-order chi connectivity index (χ0) is 8.55. The summed E-state index contributed by atoms with van der Waals surface area (Å²) in [5, 5.41) is 9.27. The van der Waals surface area contributed by atoms with Crippen LogP contribution in [0.15, 0.2) is 18.3 Å². The van der Waals surface area contributed by atoms with Crippen LogP contribution in [0.2, 0.25) is 0 Å². The Kier molecular flexibility index (Phi) is 1.31. The van der Waals surface area contributed by atoms with Crippen LogP contribution in [-0.4, -0.2) is 9.97 Å². The van der Waals surface area contributed by atoms with Crippen LogP contribution < -0.4 is 0 Å². The highest BCUT2D eigenvalue weighted by Crippen LogP contribution is 2.15. The lowest BCUT2D eigenvalue weighted by Crippen LogP contribution is -1.86. The van der Waals surface area contributed by atoms with Crippen LogP contribution in [0.1, 0.15) is 5.56 Å². The van der Waals surface area contributed by atoms with E-state index in [1.807, 2.05) is 6.07 Å². The summed E-state index contributed by atoms with van der Waals surface area (Å²) in [4.78, 5) is 6.30. The minimum atomic E-state index is -0.638. The average Bonchev–Trinajstić information content (AvgIpc) is 2.50. The van der Waals surface area contributed by atoms with Gasteiger partial charge in [-0.2, -0.15) is 9.65 Å². The lowest BCUT2D eigenvalue weighted by molar-refractivity contribution is 0.588. The number of nitrogens with one attached hydrogen (secondary N) is 1. The van der Waals surface area contributed by atoms with Gasteiger partial charge in [0.2, 0.25) is 5.95 Å². The maximum Gasteiger partial charge on any atom is 0.216 e. The molecule has 0 aromatic carbocycles. The Morgan fingerprint density at radius 1 is 1.58 bits per heavy atom. The first-order valence-electron chi connectivity index (χ1n) is 3.35. The van der Waals surface area contributed by atoms with Crippen molar-refractivity contribution in [2.75, 3.05) is 0 Å². The zero-order valence-electron chi connectivity index (χ0n) is 6.00. The molecule has 0 saturated heterocycles. The molecule has 0 aliphatic heterocycles. The number of pyridine rings is 1. The molecule has 3 nitrogen and oxygen atoms in total. The van der Waals surface area contributed by atoms with Crippen LogP contribution >= 0.6 is 0 Å². The van der Waals surface area contributed by atoms with Gasteiger partial charge in [-0.3, -0.25) is 0 Å². The van der Waals surface area contributed by atoms with Gasteiger partial charge in [0.05, 0.1) is 5.56 Å². The summed E-state index contributed by atoms with van der Waals surface area (Å²) in [6.45, 7) is 0. The van der Waals surface area contributed by atoms with Crippen molar-refractivity contribution in [3.8, 4) is 6.07 Å². The monoisotopic (exact) mass is 161 g/mol. The summed E-state index contributed by atoms with van der Waals surface area (Å²) in [6, 6.07) is 4.71. The molecule has 0 aliphatic carbocycles. The van der Waals surface area contributed by atoms with E-state index >= 15 is 0 Å². The van der Waals surface area contributed by atoms with Gasteiger partial charge in [-0.05, 0) is 6.07 Å². The van der Waals surface area contributed by atoms with Crippen LogP contribution in [0.4, 0.5) is 4.39 Å². The Morgan fingerprint density at radius 3 is 3.17 bits per heavy atom. The summed E-state index contributed by atoms with van der Waals surface area (Å²) in [6.07, 6.45) is 1.62. The lowest BCUT2D eigenvalue weighted by Gasteiger charge is -1.91. The van der Waals surface area contributed by atoms with Crippen molar-refractivity contribution in [2.24, 2.45) is 0 Å². The van der Waals surface area contributed by atoms with E-state index in [0.717, 1.165) is 6.07 Å². The van der Waals surface area contributed by atoms with E-state index in [2.05, 4.69) is 9.97 Å². The molecule has 0 aliphatic rings. The number of nitrogens with zero attached hydrogens (tertiary/aromatic N) is 2. The summed E-state index contributed by atoms with van der Waals surface area (Å²) in [5.41, 5.74) is 0.713. The molecule has 2 rings (SSSR count). The fourth-order valence-corrected chi connectivity index (χ4v) is 1.10. The van der Waals surface area contributed by atoms with Gasteiger partial charge in [-0.1, -0.05) is 0 Å². The molecule has 0 unspecified atom stereocenters. The van der Waals surface area contributed by atoms with E-state index in [9.17, 15) is 4.39 Å². The Labute approximate surface area is 67.5 Å². The van der Waals surface area contributed by atoms with E-state index in [0.29, 0.717) is 16.6 Å². The normalized spacial score (nSPS) is 10.0. The third kappa shape index (κ3) is 0.839. The van der Waals surface area contributed by atoms with Crippen molar-refractivity contribution in [3.05, 3.63) is 29.8 Å². The number of fused-ring (bicyclic) bond motifs is 1. The molecule has 2 heterocycles. The molecule has 2 aromatic heterocycles. The van der Waals surface area contributed by atoms with Gasteiger partial charge in [0, 0.05) is 17.6 Å². The number of H-pyrrole nitrogens is 1. The first kappa shape index (κ1) is 6.80. The molecular formula is C8H4FN3. The standard InChI is InChI=1S/C8H4FN3/c9-7-3-5(4-10)6-1-2-11-8(6)12-7/h1-3H,(H,11,12). The molecule has 4 heteroatoms. The SMILES string of the molecule is N#Cc1cc(F)nc2[nH]ccc12. The van der Waals surface area contributed by atoms with Crippen molar-refractivity contribution in [1.29, 1.82) is 5.26 Å². The molecule has 0 fully saturated rings. The Balaban J connectivity index is 2.91. The number of hydrogen-bond acceptors (Lipinski definition) is 2. The second kappa shape index (κ2) is 2.31. The quantitative estimate of drug-likeness (QED) is 0.596. The van der Waals surface area contributed by atoms with Crippen LogP contribution in [0, 0.1) is 17.3 Å². The van der Waals surface area contributed by atoms with E-state index in [4.69, 9.17) is 5.26 Å². The highest BCUT2D eigenvalue weighted by Gasteiger charge is 2.04. The van der Waals surface area contributed by atoms with Crippen LogP contribution in [0.25, 0.3) is 11.0 Å². The number of rotatable bonds is 0. The molecule has 0 amide bonds. The van der Waals surface area contributed by atoms with Crippen LogP contribution in [-0.2, 0) is 0 Å². The first-order chi connectivity index (χ1) is 5.81. The fourth-order valence-electron chi connectivity index (χ4n) is 1.10. The van der Waals surface area contributed by atoms with Gasteiger partial charge in [0.15, 0.2) is 0 Å². The minimum absolute atomic E-state index is 0.304. The van der Waals surface area contributed by atoms with Gasteiger partial charge < -0.3 is 4.98 Å². The smallest absolute Gasteiger partial charge is 0.216 e. The van der Waals surface area contributed by atoms with Gasteiger partial charge in [-0.15, -0.1) is 0 Å². The largest absolute Gasteiger partial charge is 0.346 e. The molecule has 12 heavy (non-hydrogen) atoms. The van der Waals surface area contributed by atoms with Crippen molar-refractivity contribution in [2.45, 2.75) is 0 Å². The highest BCUT2D eigenvalue weighted by atomic mass is 19.1. The molecule has 0 bridgehead atoms. The first-order valence-corrected chi connectivity index (χ1v) is 3.35. The average molecular weight is 161 g/mol. The molecule has 2 aromatic rings. The summed E-state index contributed by atoms with van der Waals surface area (Å²) in [7, 11) is 0. The van der Waals surface area contributed by atoms with Crippen molar-refractivity contribution in [3.63, 3.8) is 0 Å². The Hall–Kier alpha value is -1.89. The molecule has 0 atom stereocenters. The fraction of sp³-hybridized carbons (Fsp3) is 0. The predicted octanol–water partition coefficient (Wildman–Crippen LogP) is 1.57. The highest BCUT2D eigenvalue weighted by molar-refractivity contribution is 5.81. The van der Waals surface area contributed by atoms with E-state index in [1.54, 1.807) is 12.3 Å². The maximum absolute atomic E-state index is 12.7. The molecular weight excluding hydrogens is 157 g/mol. The van der Waals surface area contributed by atoms with Gasteiger partial charge in [0.1, 0.15) is 11.7 Å². The van der Waals surface area contributed by atoms with Gasteiger partial charge >= 0.3 is 0 Å². The molecule has 1 N–H and O–H groups in total. The maximum atomic E-state index is 12.7. The van der Waals surface area contributed by atoms with Gasteiger partial charge in [-0.25, -0.2) is 4.98 Å². The third-order valence-electron chi connectivity index (χ3n) is 1.62. The van der Waals surface area contributed by atoms with E-state index in [1.165, 1.54) is 0 Å². The van der Waals surface area contributed by atoms with Crippen molar-refractivity contribution >= 4 is 11.0 Å². The second-order valence-corrected chi connectivity index (χ2v) is 2.34. The number of nitriles is 1. The van der Waals surface area contributed by atoms with E-state index < -0.39 is 5.95 Å². The zero-order valence-corrected chi connectivity index (χ0v) is 6.00.